The summed E-state index contributed by atoms with van der Waals surface area (Å²) in [5, 5.41) is 26.4. The molecule has 2 aliphatic heterocycles. The molecular weight excluding hydrogens is 456 g/mol. The number of carbonyl (C=O) groups is 1. The van der Waals surface area contributed by atoms with Crippen LogP contribution in [0.5, 0.6) is 0 Å². The number of furan rings is 1. The molecule has 0 radical (unpaired) electrons. The first-order chi connectivity index (χ1) is 16.2. The van der Waals surface area contributed by atoms with E-state index in [1.165, 1.54) is 23.4 Å². The number of nitro groups is 1. The lowest BCUT2D eigenvalue weighted by atomic mass is 10.1. The monoisotopic (exact) mass is 474 g/mol. The Morgan fingerprint density at radius 2 is 2.00 bits per heavy atom. The van der Waals surface area contributed by atoms with Crippen molar-refractivity contribution < 1.29 is 14.1 Å². The minimum absolute atomic E-state index is 0.00383. The molecule has 0 saturated carbocycles. The number of nitrogens with one attached hydrogen (secondary N) is 1. The number of hydrogen-bond acceptors (Lipinski definition) is 7. The summed E-state index contributed by atoms with van der Waals surface area (Å²) in [5.74, 6) is -0.0832. The Morgan fingerprint density at radius 1 is 1.21 bits per heavy atom. The second-order valence-corrected chi connectivity index (χ2v) is 8.75. The maximum absolute atomic E-state index is 12.8. The summed E-state index contributed by atoms with van der Waals surface area (Å²) in [4.78, 5) is 27.8. The summed E-state index contributed by atoms with van der Waals surface area (Å²) in [5.41, 5.74) is 3.97. The van der Waals surface area contributed by atoms with Crippen molar-refractivity contribution in [3.05, 3.63) is 86.6 Å². The van der Waals surface area contributed by atoms with Crippen molar-refractivity contribution in [1.82, 2.24) is 9.58 Å². The van der Waals surface area contributed by atoms with Gasteiger partial charge in [0.05, 0.1) is 22.4 Å². The molecule has 2 aromatic heterocycles. The van der Waals surface area contributed by atoms with Crippen molar-refractivity contribution in [3.63, 3.8) is 0 Å². The molecule has 2 aliphatic rings. The number of non-ortho nitro benzene ring substituents is 1. The number of aromatic nitrogens is 1. The van der Waals surface area contributed by atoms with Gasteiger partial charge in [-0.05, 0) is 67.9 Å². The van der Waals surface area contributed by atoms with Gasteiger partial charge in [-0.2, -0.15) is 15.1 Å². The summed E-state index contributed by atoms with van der Waals surface area (Å²) in [6, 6.07) is 10.1. The van der Waals surface area contributed by atoms with Crippen molar-refractivity contribution in [3.8, 4) is 5.69 Å². The van der Waals surface area contributed by atoms with Crippen LogP contribution >= 0.6 is 11.8 Å². The number of thioether (sulfide) groups is 1. The highest BCUT2D eigenvalue weighted by Gasteiger charge is 2.37. The number of benzene rings is 1. The van der Waals surface area contributed by atoms with Crippen molar-refractivity contribution in [2.75, 3.05) is 0 Å². The van der Waals surface area contributed by atoms with Crippen molar-refractivity contribution >= 4 is 45.5 Å². The van der Waals surface area contributed by atoms with Crippen LogP contribution in [0.25, 0.3) is 11.8 Å². The van der Waals surface area contributed by atoms with E-state index in [0.717, 1.165) is 28.7 Å². The van der Waals surface area contributed by atoms with Gasteiger partial charge in [-0.25, -0.2) is 0 Å². The van der Waals surface area contributed by atoms with E-state index in [1.807, 2.05) is 31.4 Å². The SMILES string of the molecule is Cc1ccc([N+](=O)[O-])cc1-n1c(C)cc(C=C2C(=N)N3N=C(c4ccco4)SC3=NC2=O)c1C. The van der Waals surface area contributed by atoms with Gasteiger partial charge in [0.2, 0.25) is 5.17 Å². The average molecular weight is 475 g/mol. The van der Waals surface area contributed by atoms with Crippen LogP contribution in [0.2, 0.25) is 0 Å². The fourth-order valence-corrected chi connectivity index (χ4v) is 4.76. The zero-order valence-electron chi connectivity index (χ0n) is 18.4. The van der Waals surface area contributed by atoms with Crippen LogP contribution in [0.4, 0.5) is 5.69 Å². The molecular formula is C23H18N6O4S. The Labute approximate surface area is 197 Å². The number of nitro benzene ring substituents is 1. The highest BCUT2D eigenvalue weighted by atomic mass is 32.2. The first-order valence-electron chi connectivity index (χ1n) is 10.2. The van der Waals surface area contributed by atoms with Crippen LogP contribution in [0, 0.1) is 36.3 Å². The summed E-state index contributed by atoms with van der Waals surface area (Å²) in [6.07, 6.45) is 3.14. The van der Waals surface area contributed by atoms with Crippen molar-refractivity contribution in [1.29, 1.82) is 5.41 Å². The van der Waals surface area contributed by atoms with E-state index in [4.69, 9.17) is 9.83 Å². The third-order valence-corrected chi connectivity index (χ3v) is 6.52. The largest absolute Gasteiger partial charge is 0.462 e. The summed E-state index contributed by atoms with van der Waals surface area (Å²) < 4.78 is 7.27. The molecule has 170 valence electrons. The topological polar surface area (TPSA) is 130 Å². The number of fused-ring (bicyclic) bond motifs is 1. The molecule has 0 bridgehead atoms. The van der Waals surface area contributed by atoms with Crippen LogP contribution in [-0.2, 0) is 4.79 Å². The Kier molecular flexibility index (Phi) is 5.05. The van der Waals surface area contributed by atoms with E-state index in [0.29, 0.717) is 27.2 Å². The fraction of sp³-hybridized carbons (Fsp3) is 0.130. The number of nitrogens with zero attached hydrogens (tertiary/aromatic N) is 5. The number of aliphatic imine (C=N–C) groups is 1. The van der Waals surface area contributed by atoms with Crippen LogP contribution in [0.3, 0.4) is 0 Å². The lowest BCUT2D eigenvalue weighted by Gasteiger charge is -2.20. The summed E-state index contributed by atoms with van der Waals surface area (Å²) in [6.45, 7) is 5.63. The second-order valence-electron chi connectivity index (χ2n) is 7.79. The average Bonchev–Trinajstić information content (AvgIpc) is 3.51. The van der Waals surface area contributed by atoms with Crippen molar-refractivity contribution in [2.45, 2.75) is 20.8 Å². The second kappa shape index (κ2) is 7.96. The number of hydrogen-bond donors (Lipinski definition) is 1. The number of aryl methyl sites for hydroxylation is 2. The van der Waals surface area contributed by atoms with Gasteiger partial charge in [-0.1, -0.05) is 6.07 Å². The molecule has 1 N–H and O–H groups in total. The Hall–Kier alpha value is -4.25. The van der Waals surface area contributed by atoms with Gasteiger partial charge in [-0.3, -0.25) is 20.3 Å². The lowest BCUT2D eigenvalue weighted by Crippen LogP contribution is -2.35. The third kappa shape index (κ3) is 3.46. The summed E-state index contributed by atoms with van der Waals surface area (Å²) >= 11 is 1.16. The predicted molar refractivity (Wildman–Crippen MR) is 129 cm³/mol. The molecule has 34 heavy (non-hydrogen) atoms. The highest BCUT2D eigenvalue weighted by molar-refractivity contribution is 8.27. The molecule has 11 heteroatoms. The molecule has 1 amide bonds. The Morgan fingerprint density at radius 3 is 2.71 bits per heavy atom. The zero-order valence-corrected chi connectivity index (χ0v) is 19.2. The summed E-state index contributed by atoms with van der Waals surface area (Å²) in [7, 11) is 0. The molecule has 1 aromatic carbocycles. The molecule has 0 atom stereocenters. The lowest BCUT2D eigenvalue weighted by molar-refractivity contribution is -0.384. The van der Waals surface area contributed by atoms with Gasteiger partial charge >= 0.3 is 0 Å². The van der Waals surface area contributed by atoms with E-state index in [1.54, 1.807) is 24.3 Å². The van der Waals surface area contributed by atoms with E-state index in [9.17, 15) is 14.9 Å². The third-order valence-electron chi connectivity index (χ3n) is 5.60. The Balaban J connectivity index is 1.54. The van der Waals surface area contributed by atoms with Gasteiger partial charge < -0.3 is 8.98 Å². The normalized spacial score (nSPS) is 16.7. The molecule has 0 aliphatic carbocycles. The smallest absolute Gasteiger partial charge is 0.283 e. The maximum Gasteiger partial charge on any atom is 0.283 e. The van der Waals surface area contributed by atoms with Crippen LogP contribution in [0.15, 0.2) is 62.7 Å². The Bertz CT molecular complexity index is 1480. The predicted octanol–water partition coefficient (Wildman–Crippen LogP) is 4.57. The number of hydrazone groups is 1. The number of rotatable bonds is 4. The van der Waals surface area contributed by atoms with Crippen LogP contribution < -0.4 is 0 Å². The van der Waals surface area contributed by atoms with Gasteiger partial charge in [0.1, 0.15) is 0 Å². The highest BCUT2D eigenvalue weighted by Crippen LogP contribution is 2.32. The quantitative estimate of drug-likeness (QED) is 0.335. The molecule has 0 spiro atoms. The molecule has 0 saturated heterocycles. The zero-order chi connectivity index (χ0) is 24.1. The van der Waals surface area contributed by atoms with Crippen molar-refractivity contribution in [2.24, 2.45) is 10.1 Å². The number of amides is 1. The molecule has 0 unspecified atom stereocenters. The minimum Gasteiger partial charge on any atom is -0.462 e. The van der Waals surface area contributed by atoms with E-state index in [-0.39, 0.29) is 17.1 Å². The number of amidine groups is 2. The van der Waals surface area contributed by atoms with Gasteiger partial charge in [0, 0.05) is 23.5 Å². The molecule has 5 rings (SSSR count). The maximum atomic E-state index is 12.8. The van der Waals surface area contributed by atoms with E-state index in [2.05, 4.69) is 10.1 Å². The molecule has 4 heterocycles. The minimum atomic E-state index is -0.532. The van der Waals surface area contributed by atoms with Crippen LogP contribution in [-0.4, -0.2) is 36.5 Å². The molecule has 3 aromatic rings. The first-order valence-corrected chi connectivity index (χ1v) is 11.0. The van der Waals surface area contributed by atoms with E-state index < -0.39 is 10.8 Å². The standard InChI is InChI=1S/C23H18N6O4S/c1-12-6-7-16(29(31)32)11-18(12)27-13(2)9-15(14(27)3)10-17-20(24)28-23(25-21(17)30)34-22(26-28)19-5-4-8-33-19/h4-11,24H,1-3H3. The van der Waals surface area contributed by atoms with Gasteiger partial charge in [-0.15, -0.1) is 0 Å². The molecule has 0 fully saturated rings. The van der Waals surface area contributed by atoms with Crippen LogP contribution in [0.1, 0.15) is 28.3 Å². The van der Waals surface area contributed by atoms with Gasteiger partial charge in [0.15, 0.2) is 16.6 Å². The van der Waals surface area contributed by atoms with Gasteiger partial charge in [0.25, 0.3) is 11.6 Å². The first kappa shape index (κ1) is 21.6. The molecule has 10 nitrogen and oxygen atoms in total. The van der Waals surface area contributed by atoms with E-state index >= 15 is 0 Å². The fourth-order valence-electron chi connectivity index (χ4n) is 3.90. The number of carbonyl (C=O) groups excluding carboxylic acids is 1.